The zero-order chi connectivity index (χ0) is 14.6. The Kier molecular flexibility index (Phi) is 4.83. The minimum Gasteiger partial charge on any atom is -0.491 e. The number of carboxylic acids is 1. The highest BCUT2D eigenvalue weighted by Crippen LogP contribution is 2.20. The molecule has 0 saturated heterocycles. The summed E-state index contributed by atoms with van der Waals surface area (Å²) in [5, 5.41) is 11.8. The van der Waals surface area contributed by atoms with Crippen LogP contribution in [0.4, 0.5) is 8.78 Å². The van der Waals surface area contributed by atoms with Crippen LogP contribution in [0.25, 0.3) is 0 Å². The number of likely N-dealkylation sites (N-methyl/N-ethyl adjacent to an activating group) is 1. The number of hydrogen-bond donors (Lipinski definition) is 2. The van der Waals surface area contributed by atoms with Crippen LogP contribution in [-0.4, -0.2) is 29.8 Å². The summed E-state index contributed by atoms with van der Waals surface area (Å²) in [6, 6.07) is 3.20. The molecule has 2 atom stereocenters. The fraction of sp³-hybridized carbons (Fsp3) is 0.462. The molecule has 0 bridgehead atoms. The smallest absolute Gasteiger partial charge is 0.323 e. The first-order chi connectivity index (χ1) is 8.78. The molecule has 2 unspecified atom stereocenters. The molecule has 0 aliphatic carbocycles. The SMILES string of the molecule is CNC(C)(CC(C)Oc1ccc(F)c(F)c1)C(=O)O. The molecule has 19 heavy (non-hydrogen) atoms. The molecule has 0 radical (unpaired) electrons. The third-order valence-corrected chi connectivity index (χ3v) is 2.95. The van der Waals surface area contributed by atoms with Crippen molar-refractivity contribution in [1.29, 1.82) is 0 Å². The average molecular weight is 273 g/mol. The normalized spacial score (nSPS) is 15.6. The maximum Gasteiger partial charge on any atom is 0.323 e. The summed E-state index contributed by atoms with van der Waals surface area (Å²) in [5.41, 5.74) is -1.14. The van der Waals surface area contributed by atoms with E-state index in [1.807, 2.05) is 0 Å². The highest BCUT2D eigenvalue weighted by molar-refractivity contribution is 5.78. The second-order valence-corrected chi connectivity index (χ2v) is 4.60. The monoisotopic (exact) mass is 273 g/mol. The van der Waals surface area contributed by atoms with Gasteiger partial charge >= 0.3 is 5.97 Å². The molecule has 2 N–H and O–H groups in total. The van der Waals surface area contributed by atoms with Crippen LogP contribution in [0.1, 0.15) is 20.3 Å². The van der Waals surface area contributed by atoms with Gasteiger partial charge in [0.1, 0.15) is 11.3 Å². The van der Waals surface area contributed by atoms with E-state index in [0.717, 1.165) is 12.1 Å². The molecular formula is C13H17F2NO3. The second-order valence-electron chi connectivity index (χ2n) is 4.60. The Morgan fingerprint density at radius 2 is 2.11 bits per heavy atom. The van der Waals surface area contributed by atoms with Gasteiger partial charge in [-0.25, -0.2) is 8.78 Å². The van der Waals surface area contributed by atoms with E-state index >= 15 is 0 Å². The molecule has 106 valence electrons. The van der Waals surface area contributed by atoms with Gasteiger partial charge in [0.2, 0.25) is 0 Å². The third-order valence-electron chi connectivity index (χ3n) is 2.95. The van der Waals surface area contributed by atoms with Crippen LogP contribution in [0.3, 0.4) is 0 Å². The highest BCUT2D eigenvalue weighted by atomic mass is 19.2. The largest absolute Gasteiger partial charge is 0.491 e. The number of carboxylic acid groups (broad SMARTS) is 1. The Balaban J connectivity index is 2.71. The van der Waals surface area contributed by atoms with E-state index in [1.54, 1.807) is 14.0 Å². The summed E-state index contributed by atoms with van der Waals surface area (Å²) < 4.78 is 31.1. The van der Waals surface area contributed by atoms with Crippen LogP contribution in [0, 0.1) is 11.6 Å². The van der Waals surface area contributed by atoms with E-state index < -0.39 is 29.2 Å². The van der Waals surface area contributed by atoms with E-state index in [1.165, 1.54) is 13.0 Å². The van der Waals surface area contributed by atoms with Crippen molar-refractivity contribution < 1.29 is 23.4 Å². The Morgan fingerprint density at radius 1 is 1.47 bits per heavy atom. The van der Waals surface area contributed by atoms with Crippen LogP contribution in [0.5, 0.6) is 5.75 Å². The molecule has 1 aromatic rings. The lowest BCUT2D eigenvalue weighted by Crippen LogP contribution is -2.50. The van der Waals surface area contributed by atoms with Crippen LogP contribution in [0.15, 0.2) is 18.2 Å². The molecule has 0 heterocycles. The van der Waals surface area contributed by atoms with E-state index in [0.29, 0.717) is 0 Å². The number of carbonyl (C=O) groups is 1. The predicted octanol–water partition coefficient (Wildman–Crippen LogP) is 2.18. The van der Waals surface area contributed by atoms with Crippen molar-refractivity contribution in [3.8, 4) is 5.75 Å². The van der Waals surface area contributed by atoms with Gasteiger partial charge in [-0.2, -0.15) is 0 Å². The molecule has 6 heteroatoms. The number of aliphatic carboxylic acids is 1. The summed E-state index contributed by atoms with van der Waals surface area (Å²) in [4.78, 5) is 11.1. The van der Waals surface area contributed by atoms with Crippen molar-refractivity contribution in [1.82, 2.24) is 5.32 Å². The Morgan fingerprint density at radius 3 is 2.58 bits per heavy atom. The van der Waals surface area contributed by atoms with Crippen molar-refractivity contribution >= 4 is 5.97 Å². The first kappa shape index (κ1) is 15.4. The standard InChI is InChI=1S/C13H17F2NO3/c1-8(7-13(2,16-3)12(17)18)19-9-4-5-10(14)11(15)6-9/h4-6,8,16H,7H2,1-3H3,(H,17,18). The fourth-order valence-electron chi connectivity index (χ4n) is 1.70. The number of ether oxygens (including phenoxy) is 1. The predicted molar refractivity (Wildman–Crippen MR) is 66.2 cm³/mol. The zero-order valence-electron chi connectivity index (χ0n) is 11.0. The lowest BCUT2D eigenvalue weighted by Gasteiger charge is -2.27. The quantitative estimate of drug-likeness (QED) is 0.834. The Hall–Kier alpha value is -1.69. The van der Waals surface area contributed by atoms with Gasteiger partial charge in [0.05, 0.1) is 6.10 Å². The highest BCUT2D eigenvalue weighted by Gasteiger charge is 2.33. The molecule has 0 saturated carbocycles. The minimum absolute atomic E-state index is 0.162. The molecule has 0 aliphatic heterocycles. The van der Waals surface area contributed by atoms with Crippen molar-refractivity contribution in [2.24, 2.45) is 0 Å². The molecule has 1 aromatic carbocycles. The number of rotatable bonds is 6. The van der Waals surface area contributed by atoms with E-state index in [2.05, 4.69) is 5.32 Å². The summed E-state index contributed by atoms with van der Waals surface area (Å²) >= 11 is 0. The zero-order valence-corrected chi connectivity index (χ0v) is 11.0. The van der Waals surface area contributed by atoms with Gasteiger partial charge in [0.25, 0.3) is 0 Å². The van der Waals surface area contributed by atoms with Crippen LogP contribution >= 0.6 is 0 Å². The summed E-state index contributed by atoms with van der Waals surface area (Å²) in [7, 11) is 1.54. The average Bonchev–Trinajstić information content (AvgIpc) is 2.33. The van der Waals surface area contributed by atoms with Gasteiger partial charge in [0.15, 0.2) is 11.6 Å². The van der Waals surface area contributed by atoms with Gasteiger partial charge < -0.3 is 15.2 Å². The van der Waals surface area contributed by atoms with Gasteiger partial charge in [-0.1, -0.05) is 0 Å². The topological polar surface area (TPSA) is 58.6 Å². The molecule has 0 amide bonds. The molecule has 0 aromatic heterocycles. The van der Waals surface area contributed by atoms with E-state index in [9.17, 15) is 13.6 Å². The van der Waals surface area contributed by atoms with Crippen LogP contribution in [0.2, 0.25) is 0 Å². The molecule has 0 aliphatic rings. The van der Waals surface area contributed by atoms with Gasteiger partial charge in [0, 0.05) is 12.5 Å². The van der Waals surface area contributed by atoms with Crippen molar-refractivity contribution in [2.45, 2.75) is 31.9 Å². The second kappa shape index (κ2) is 5.97. The molecular weight excluding hydrogens is 256 g/mol. The Bertz CT molecular complexity index is 467. The van der Waals surface area contributed by atoms with Crippen molar-refractivity contribution in [3.05, 3.63) is 29.8 Å². The molecule has 1 rings (SSSR count). The third kappa shape index (κ3) is 3.89. The van der Waals surface area contributed by atoms with Crippen molar-refractivity contribution in [2.75, 3.05) is 7.05 Å². The maximum absolute atomic E-state index is 13.0. The fourth-order valence-corrected chi connectivity index (χ4v) is 1.70. The van der Waals surface area contributed by atoms with Gasteiger partial charge in [-0.05, 0) is 33.0 Å². The minimum atomic E-state index is -1.14. The number of nitrogens with one attached hydrogen (secondary N) is 1. The van der Waals surface area contributed by atoms with Gasteiger partial charge in [-0.15, -0.1) is 0 Å². The lowest BCUT2D eigenvalue weighted by atomic mass is 9.95. The first-order valence-electron chi connectivity index (χ1n) is 5.82. The summed E-state index contributed by atoms with van der Waals surface area (Å²) in [6.45, 7) is 3.19. The number of hydrogen-bond acceptors (Lipinski definition) is 3. The molecule has 4 nitrogen and oxygen atoms in total. The summed E-state index contributed by atoms with van der Waals surface area (Å²) in [6.07, 6.45) is -0.295. The van der Waals surface area contributed by atoms with Crippen molar-refractivity contribution in [3.63, 3.8) is 0 Å². The van der Waals surface area contributed by atoms with Crippen LogP contribution < -0.4 is 10.1 Å². The lowest BCUT2D eigenvalue weighted by molar-refractivity contribution is -0.145. The van der Waals surface area contributed by atoms with Crippen LogP contribution in [-0.2, 0) is 4.79 Å². The van der Waals surface area contributed by atoms with Gasteiger partial charge in [-0.3, -0.25) is 4.79 Å². The van der Waals surface area contributed by atoms with E-state index in [4.69, 9.17) is 9.84 Å². The molecule has 0 spiro atoms. The summed E-state index contributed by atoms with van der Waals surface area (Å²) in [5.74, 6) is -2.80. The number of benzene rings is 1. The first-order valence-corrected chi connectivity index (χ1v) is 5.82. The Labute approximate surface area is 110 Å². The maximum atomic E-state index is 13.0. The number of halogens is 2. The molecule has 0 fully saturated rings. The van der Waals surface area contributed by atoms with E-state index in [-0.39, 0.29) is 12.2 Å².